The second kappa shape index (κ2) is 21.3. The number of aromatic amines is 1. The molecule has 1 aliphatic heterocycles. The summed E-state index contributed by atoms with van der Waals surface area (Å²) in [4.78, 5) is 44.7. The second-order valence-corrected chi connectivity index (χ2v) is 16.4. The van der Waals surface area contributed by atoms with E-state index in [9.17, 15) is 24.6 Å². The summed E-state index contributed by atoms with van der Waals surface area (Å²) in [5.41, 5.74) is 5.87. The number of para-hydroxylation sites is 1. The molecule has 322 valence electrons. The summed E-state index contributed by atoms with van der Waals surface area (Å²) >= 11 is 0. The van der Waals surface area contributed by atoms with E-state index in [1.54, 1.807) is 12.1 Å². The molecule has 2 aliphatic rings. The number of nitrogens with zero attached hydrogens (tertiary/aromatic N) is 2. The Morgan fingerprint density at radius 1 is 0.869 bits per heavy atom. The molecule has 61 heavy (non-hydrogen) atoms. The first-order chi connectivity index (χ1) is 29.7. The maximum Gasteiger partial charge on any atom is 0.411 e. The molecule has 0 bridgehead atoms. The lowest BCUT2D eigenvalue weighted by atomic mass is 10.0. The van der Waals surface area contributed by atoms with E-state index in [-0.39, 0.29) is 36.0 Å². The van der Waals surface area contributed by atoms with Crippen LogP contribution in [0.3, 0.4) is 0 Å². The first-order valence-corrected chi connectivity index (χ1v) is 21.8. The molecule has 1 aromatic heterocycles. The topological polar surface area (TPSA) is 156 Å². The monoisotopic (exact) mass is 829 g/mol. The number of ether oxygens (including phenoxy) is 2. The number of aromatic nitrogens is 1. The number of phenols is 1. The first kappa shape index (κ1) is 43.6. The lowest BCUT2D eigenvalue weighted by Gasteiger charge is -2.23. The number of benzene rings is 4. The zero-order valence-electron chi connectivity index (χ0n) is 35.1. The van der Waals surface area contributed by atoms with Crippen molar-refractivity contribution in [2.45, 2.75) is 57.7 Å². The number of anilines is 1. The van der Waals surface area contributed by atoms with Gasteiger partial charge in [-0.15, -0.1) is 0 Å². The van der Waals surface area contributed by atoms with Gasteiger partial charge in [0.25, 0.3) is 0 Å². The zero-order chi connectivity index (χ0) is 42.6. The summed E-state index contributed by atoms with van der Waals surface area (Å²) in [5, 5.41) is 27.8. The molecule has 1 aliphatic carbocycles. The Morgan fingerprint density at radius 2 is 1.59 bits per heavy atom. The highest BCUT2D eigenvalue weighted by Crippen LogP contribution is 2.40. The van der Waals surface area contributed by atoms with E-state index in [1.807, 2.05) is 66.4 Å². The van der Waals surface area contributed by atoms with Crippen LogP contribution >= 0.6 is 0 Å². The van der Waals surface area contributed by atoms with Crippen LogP contribution < -0.4 is 16.2 Å². The molecule has 1 saturated heterocycles. The van der Waals surface area contributed by atoms with Crippen LogP contribution in [0.1, 0.15) is 55.4 Å². The van der Waals surface area contributed by atoms with Crippen molar-refractivity contribution in [1.29, 1.82) is 0 Å². The third-order valence-electron chi connectivity index (χ3n) is 12.0. The Morgan fingerprint density at radius 3 is 2.34 bits per heavy atom. The Labute approximate surface area is 357 Å². The first-order valence-electron chi connectivity index (χ1n) is 21.8. The maximum atomic E-state index is 13.0. The zero-order valence-corrected chi connectivity index (χ0v) is 35.1. The summed E-state index contributed by atoms with van der Waals surface area (Å²) in [7, 11) is 0. The molecule has 0 spiro atoms. The van der Waals surface area contributed by atoms with E-state index >= 15 is 0 Å². The van der Waals surface area contributed by atoms with Gasteiger partial charge in [0.15, 0.2) is 0 Å². The number of nitrogens with one attached hydrogen (secondary N) is 3. The van der Waals surface area contributed by atoms with Crippen molar-refractivity contribution in [2.75, 3.05) is 64.3 Å². The predicted molar refractivity (Wildman–Crippen MR) is 239 cm³/mol. The van der Waals surface area contributed by atoms with Crippen LogP contribution in [0.4, 0.5) is 10.5 Å². The fourth-order valence-corrected chi connectivity index (χ4v) is 8.89. The quantitative estimate of drug-likeness (QED) is 0.0526. The summed E-state index contributed by atoms with van der Waals surface area (Å²) in [6.07, 6.45) is 3.45. The number of aliphatic hydroxyl groups excluding tert-OH is 1. The second-order valence-electron chi connectivity index (χ2n) is 16.4. The molecule has 5 N–H and O–H groups in total. The van der Waals surface area contributed by atoms with Gasteiger partial charge in [-0.05, 0) is 84.4 Å². The Balaban J connectivity index is 0.748. The van der Waals surface area contributed by atoms with Gasteiger partial charge in [0.1, 0.15) is 11.9 Å². The number of hydrogen-bond acceptors (Lipinski definition) is 9. The van der Waals surface area contributed by atoms with Crippen LogP contribution in [-0.2, 0) is 27.1 Å². The van der Waals surface area contributed by atoms with Gasteiger partial charge in [-0.1, -0.05) is 85.8 Å². The molecule has 2 amide bonds. The molecule has 1 saturated carbocycles. The number of H-pyrrole nitrogens is 1. The number of carbonyl (C=O) groups excluding carboxylic acids is 2. The molecule has 2 fully saturated rings. The molecular weight excluding hydrogens is 771 g/mol. The van der Waals surface area contributed by atoms with E-state index in [4.69, 9.17) is 9.47 Å². The minimum absolute atomic E-state index is 0.0425. The third kappa shape index (κ3) is 11.9. The number of likely N-dealkylation sites (tertiary alicyclic amines) is 1. The van der Waals surface area contributed by atoms with Gasteiger partial charge in [-0.3, -0.25) is 14.9 Å². The number of hydrogen-bond donors (Lipinski definition) is 5. The van der Waals surface area contributed by atoms with Crippen LogP contribution in [0, 0.1) is 11.8 Å². The van der Waals surface area contributed by atoms with E-state index in [1.165, 1.54) is 23.3 Å². The molecule has 7 rings (SSSR count). The number of aliphatic hydroxyl groups is 1. The number of pyridine rings is 1. The summed E-state index contributed by atoms with van der Waals surface area (Å²) in [6, 6.07) is 32.7. The minimum Gasteiger partial charge on any atom is -0.506 e. The fraction of sp³-hybridized carbons (Fsp3) is 0.408. The number of carbonyl (C=O) groups is 2. The van der Waals surface area contributed by atoms with E-state index < -0.39 is 6.10 Å². The van der Waals surface area contributed by atoms with Gasteiger partial charge in [-0.2, -0.15) is 0 Å². The molecule has 4 aromatic carbocycles. The third-order valence-corrected chi connectivity index (χ3v) is 12.0. The number of amides is 2. The van der Waals surface area contributed by atoms with Crippen molar-refractivity contribution in [1.82, 2.24) is 20.1 Å². The molecule has 4 atom stereocenters. The Kier molecular flexibility index (Phi) is 15.2. The van der Waals surface area contributed by atoms with Crippen LogP contribution in [0.25, 0.3) is 22.0 Å². The molecule has 12 heteroatoms. The van der Waals surface area contributed by atoms with Gasteiger partial charge in [0.05, 0.1) is 36.9 Å². The van der Waals surface area contributed by atoms with Crippen LogP contribution in [-0.4, -0.2) is 102 Å². The van der Waals surface area contributed by atoms with E-state index in [0.717, 1.165) is 68.6 Å². The highest BCUT2D eigenvalue weighted by atomic mass is 16.6. The predicted octanol–water partition coefficient (Wildman–Crippen LogP) is 6.91. The average Bonchev–Trinajstić information content (AvgIpc) is 3.83. The number of rotatable bonds is 20. The lowest BCUT2D eigenvalue weighted by molar-refractivity contribution is -0.132. The maximum absolute atomic E-state index is 13.0. The van der Waals surface area contributed by atoms with Gasteiger partial charge >= 0.3 is 6.09 Å². The Bertz CT molecular complexity index is 2250. The lowest BCUT2D eigenvalue weighted by Crippen LogP contribution is -2.38. The van der Waals surface area contributed by atoms with Crippen molar-refractivity contribution in [2.24, 2.45) is 11.8 Å². The highest BCUT2D eigenvalue weighted by Gasteiger charge is 2.42. The normalized spacial score (nSPS) is 17.9. The number of aromatic hydroxyl groups is 1. The molecule has 2 heterocycles. The van der Waals surface area contributed by atoms with Crippen molar-refractivity contribution < 1.29 is 29.3 Å². The molecule has 12 nitrogen and oxygen atoms in total. The molecule has 5 aromatic rings. The summed E-state index contributed by atoms with van der Waals surface area (Å²) < 4.78 is 11.8. The van der Waals surface area contributed by atoms with Gasteiger partial charge in [-0.25, -0.2) is 4.79 Å². The van der Waals surface area contributed by atoms with Crippen molar-refractivity contribution in [3.8, 4) is 16.9 Å². The van der Waals surface area contributed by atoms with Crippen molar-refractivity contribution in [3.05, 3.63) is 130 Å². The summed E-state index contributed by atoms with van der Waals surface area (Å²) in [6.45, 7) is 7.97. The molecular formula is C49H59N5O7. The van der Waals surface area contributed by atoms with Gasteiger partial charge in [0.2, 0.25) is 11.5 Å². The highest BCUT2D eigenvalue weighted by molar-refractivity contribution is 5.91. The number of fused-ring (bicyclic) bond motifs is 2. The van der Waals surface area contributed by atoms with E-state index in [2.05, 4.69) is 44.8 Å². The van der Waals surface area contributed by atoms with Crippen molar-refractivity contribution in [3.63, 3.8) is 0 Å². The Hall–Kier alpha value is -5.53. The SMILES string of the molecule is CCCN(CCNC[C@H](O)c1ccc(O)c2[nH]c(=O)ccc12)C(=O)CCOCCc1ccc(CCN2C[C@H]3CC(OC(=O)Nc4ccccc4-c4ccccc4)C[C@H]3C2)cc1. The largest absolute Gasteiger partial charge is 0.506 e. The van der Waals surface area contributed by atoms with Crippen LogP contribution in [0.5, 0.6) is 5.75 Å². The molecule has 1 unspecified atom stereocenters. The van der Waals surface area contributed by atoms with E-state index in [0.29, 0.717) is 67.6 Å². The minimum atomic E-state index is -0.861. The van der Waals surface area contributed by atoms with Crippen LogP contribution in [0.15, 0.2) is 108 Å². The number of phenolic OH excluding ortho intramolecular Hbond substituents is 1. The summed E-state index contributed by atoms with van der Waals surface area (Å²) in [5.74, 6) is 1.10. The van der Waals surface area contributed by atoms with Crippen molar-refractivity contribution >= 4 is 28.6 Å². The smallest absolute Gasteiger partial charge is 0.411 e. The fourth-order valence-electron chi connectivity index (χ4n) is 8.89. The average molecular weight is 830 g/mol. The van der Waals surface area contributed by atoms with Gasteiger partial charge in [0, 0.05) is 62.8 Å². The standard InChI is InChI=1S/C49H59N5O7/c1-2-24-54(26-23-50-31-45(56)41-16-18-44(55)48-42(41)17-19-46(57)52-48)47(58)22-28-60-27-21-35-14-12-34(13-15-35)20-25-53-32-37-29-39(30-38(37)33-53)61-49(59)51-43-11-7-6-10-40(43)36-8-4-3-5-9-36/h3-19,37-39,45,50,55-56H,2,20-33H2,1H3,(H,51,59)(H,52,57)/t37-,38+,39?,45-/m0/s1. The van der Waals surface area contributed by atoms with Gasteiger partial charge < -0.3 is 39.8 Å². The van der Waals surface area contributed by atoms with Crippen LogP contribution in [0.2, 0.25) is 0 Å². The molecule has 0 radical (unpaired) electrons.